The van der Waals surface area contributed by atoms with Crippen LogP contribution in [0.4, 0.5) is 0 Å². The van der Waals surface area contributed by atoms with Gasteiger partial charge < -0.3 is 10.1 Å². The van der Waals surface area contributed by atoms with Crippen molar-refractivity contribution in [3.05, 3.63) is 0 Å². The highest BCUT2D eigenvalue weighted by Gasteiger charge is 2.10. The Morgan fingerprint density at radius 2 is 2.00 bits per heavy atom. The van der Waals surface area contributed by atoms with E-state index >= 15 is 0 Å². The highest BCUT2D eigenvalue weighted by Crippen LogP contribution is 1.97. The van der Waals surface area contributed by atoms with Crippen LogP contribution in [0.3, 0.4) is 0 Å². The van der Waals surface area contributed by atoms with Crippen molar-refractivity contribution in [1.82, 2.24) is 10.2 Å². The molecule has 0 bridgehead atoms. The Hall–Kier alpha value is -0.170. The van der Waals surface area contributed by atoms with Crippen molar-refractivity contribution in [3.8, 4) is 0 Å². The zero-order valence-electron chi connectivity index (χ0n) is 11.4. The molecule has 104 valence electrons. The van der Waals surface area contributed by atoms with E-state index in [4.69, 9.17) is 4.74 Å². The first kappa shape index (κ1) is 16.8. The van der Waals surface area contributed by atoms with Gasteiger partial charge >= 0.3 is 0 Å². The van der Waals surface area contributed by atoms with E-state index in [1.807, 2.05) is 0 Å². The molecule has 0 heterocycles. The van der Waals surface area contributed by atoms with E-state index in [-0.39, 0.29) is 5.75 Å². The third-order valence-corrected chi connectivity index (χ3v) is 3.61. The zero-order chi connectivity index (χ0) is 13.3. The number of hydrogen-bond acceptors (Lipinski definition) is 5. The molecule has 17 heavy (non-hydrogen) atoms. The number of hydrogen-bond donors (Lipinski definition) is 1. The van der Waals surface area contributed by atoms with Crippen LogP contribution in [0.1, 0.15) is 13.8 Å². The predicted octanol–water partition coefficient (Wildman–Crippen LogP) is -0.0226. The molecule has 0 saturated heterocycles. The van der Waals surface area contributed by atoms with Gasteiger partial charge in [-0.25, -0.2) is 8.42 Å². The van der Waals surface area contributed by atoms with Gasteiger partial charge in [-0.1, -0.05) is 6.92 Å². The van der Waals surface area contributed by atoms with Crippen molar-refractivity contribution in [2.24, 2.45) is 0 Å². The molecule has 0 fully saturated rings. The number of rotatable bonds is 10. The van der Waals surface area contributed by atoms with Gasteiger partial charge in [0.05, 0.1) is 12.4 Å². The summed E-state index contributed by atoms with van der Waals surface area (Å²) in [7, 11) is -1.15. The van der Waals surface area contributed by atoms with Crippen LogP contribution >= 0.6 is 0 Å². The SMILES string of the molecule is CCN(CCNCCS(C)(=O)=O)C(C)COC. The number of nitrogens with zero attached hydrogens (tertiary/aromatic N) is 1. The normalized spacial score (nSPS) is 14.2. The van der Waals surface area contributed by atoms with Gasteiger partial charge in [-0.05, 0) is 13.5 Å². The maximum absolute atomic E-state index is 10.9. The quantitative estimate of drug-likeness (QED) is 0.563. The Labute approximate surface area is 105 Å². The first-order valence-corrected chi connectivity index (χ1v) is 8.08. The van der Waals surface area contributed by atoms with Gasteiger partial charge in [0, 0.05) is 39.0 Å². The Balaban J connectivity index is 3.70. The molecular formula is C11H26N2O3S. The van der Waals surface area contributed by atoms with Crippen molar-refractivity contribution >= 4 is 9.84 Å². The molecule has 1 atom stereocenters. The molecule has 0 aliphatic heterocycles. The summed E-state index contributed by atoms with van der Waals surface area (Å²) >= 11 is 0. The topological polar surface area (TPSA) is 58.6 Å². The Morgan fingerprint density at radius 1 is 1.35 bits per heavy atom. The van der Waals surface area contributed by atoms with Gasteiger partial charge in [0.25, 0.3) is 0 Å². The summed E-state index contributed by atoms with van der Waals surface area (Å²) in [5.41, 5.74) is 0. The summed E-state index contributed by atoms with van der Waals surface area (Å²) in [6.07, 6.45) is 1.26. The summed E-state index contributed by atoms with van der Waals surface area (Å²) in [6, 6.07) is 0.390. The summed E-state index contributed by atoms with van der Waals surface area (Å²) < 4.78 is 26.9. The van der Waals surface area contributed by atoms with Crippen molar-refractivity contribution in [2.75, 3.05) is 51.9 Å². The van der Waals surface area contributed by atoms with Crippen LogP contribution < -0.4 is 5.32 Å². The van der Waals surface area contributed by atoms with Gasteiger partial charge in [0.2, 0.25) is 0 Å². The minimum Gasteiger partial charge on any atom is -0.383 e. The van der Waals surface area contributed by atoms with E-state index < -0.39 is 9.84 Å². The van der Waals surface area contributed by atoms with E-state index in [0.29, 0.717) is 12.6 Å². The minimum atomic E-state index is -2.85. The van der Waals surface area contributed by atoms with Crippen LogP contribution in [0, 0.1) is 0 Å². The number of nitrogens with one attached hydrogen (secondary N) is 1. The lowest BCUT2D eigenvalue weighted by molar-refractivity contribution is 0.103. The van der Waals surface area contributed by atoms with Crippen LogP contribution in [0.5, 0.6) is 0 Å². The molecule has 0 aromatic carbocycles. The number of sulfone groups is 1. The molecule has 0 radical (unpaired) electrons. The zero-order valence-corrected chi connectivity index (χ0v) is 12.2. The average molecular weight is 266 g/mol. The highest BCUT2D eigenvalue weighted by molar-refractivity contribution is 7.90. The number of likely N-dealkylation sites (N-methyl/N-ethyl adjacent to an activating group) is 1. The fraction of sp³-hybridized carbons (Fsp3) is 1.00. The lowest BCUT2D eigenvalue weighted by Gasteiger charge is -2.27. The van der Waals surface area contributed by atoms with E-state index in [0.717, 1.165) is 26.2 Å². The second-order valence-corrected chi connectivity index (χ2v) is 6.57. The molecule has 0 aliphatic carbocycles. The van der Waals surface area contributed by atoms with Crippen molar-refractivity contribution in [2.45, 2.75) is 19.9 Å². The summed E-state index contributed by atoms with van der Waals surface area (Å²) in [5.74, 6) is 0.201. The van der Waals surface area contributed by atoms with Crippen molar-refractivity contribution in [1.29, 1.82) is 0 Å². The Morgan fingerprint density at radius 3 is 2.47 bits per heavy atom. The smallest absolute Gasteiger partial charge is 0.148 e. The fourth-order valence-corrected chi connectivity index (χ4v) is 2.16. The summed E-state index contributed by atoms with van der Waals surface area (Å²) in [5, 5.41) is 3.14. The maximum Gasteiger partial charge on any atom is 0.148 e. The minimum absolute atomic E-state index is 0.201. The second kappa shape index (κ2) is 8.85. The molecule has 0 aliphatic rings. The predicted molar refractivity (Wildman–Crippen MR) is 71.2 cm³/mol. The second-order valence-electron chi connectivity index (χ2n) is 4.31. The van der Waals surface area contributed by atoms with Crippen LogP contribution in [-0.4, -0.2) is 71.3 Å². The van der Waals surface area contributed by atoms with E-state index in [9.17, 15) is 8.42 Å². The standard InChI is InChI=1S/C11H26N2O3S/c1-5-13(11(2)10-16-3)8-6-12-7-9-17(4,14)15/h11-12H,5-10H2,1-4H3. The molecule has 5 nitrogen and oxygen atoms in total. The molecule has 0 aromatic rings. The molecule has 0 rings (SSSR count). The van der Waals surface area contributed by atoms with Crippen molar-refractivity contribution in [3.63, 3.8) is 0 Å². The third kappa shape index (κ3) is 9.52. The molecule has 1 unspecified atom stereocenters. The molecule has 0 aromatic heterocycles. The van der Waals surface area contributed by atoms with Gasteiger partial charge in [0.15, 0.2) is 0 Å². The molecule has 6 heteroatoms. The van der Waals surface area contributed by atoms with Crippen molar-refractivity contribution < 1.29 is 13.2 Å². The van der Waals surface area contributed by atoms with Gasteiger partial charge in [-0.15, -0.1) is 0 Å². The van der Waals surface area contributed by atoms with Crippen LogP contribution in [0.25, 0.3) is 0 Å². The summed E-state index contributed by atoms with van der Waals surface area (Å²) in [6.45, 7) is 8.17. The first-order chi connectivity index (χ1) is 7.90. The average Bonchev–Trinajstić information content (AvgIpc) is 2.22. The Kier molecular flexibility index (Phi) is 8.77. The van der Waals surface area contributed by atoms with Crippen LogP contribution in [0.15, 0.2) is 0 Å². The third-order valence-electron chi connectivity index (χ3n) is 2.66. The van der Waals surface area contributed by atoms with Gasteiger partial charge in [-0.3, -0.25) is 4.90 Å². The van der Waals surface area contributed by atoms with Crippen LogP contribution in [0.2, 0.25) is 0 Å². The lowest BCUT2D eigenvalue weighted by Crippen LogP contribution is -2.41. The number of ether oxygens (including phenoxy) is 1. The fourth-order valence-electron chi connectivity index (χ4n) is 1.64. The van der Waals surface area contributed by atoms with Gasteiger partial charge in [0.1, 0.15) is 9.84 Å². The monoisotopic (exact) mass is 266 g/mol. The highest BCUT2D eigenvalue weighted by atomic mass is 32.2. The lowest BCUT2D eigenvalue weighted by atomic mass is 10.3. The summed E-state index contributed by atoms with van der Waals surface area (Å²) in [4.78, 5) is 2.30. The van der Waals surface area contributed by atoms with E-state index in [2.05, 4.69) is 24.1 Å². The Bertz CT molecular complexity index is 280. The van der Waals surface area contributed by atoms with E-state index in [1.54, 1.807) is 7.11 Å². The molecule has 0 amide bonds. The molecule has 0 saturated carbocycles. The van der Waals surface area contributed by atoms with Crippen LogP contribution in [-0.2, 0) is 14.6 Å². The van der Waals surface area contributed by atoms with E-state index in [1.165, 1.54) is 6.26 Å². The largest absolute Gasteiger partial charge is 0.383 e. The molecular weight excluding hydrogens is 240 g/mol. The van der Waals surface area contributed by atoms with Gasteiger partial charge in [-0.2, -0.15) is 0 Å². The molecule has 0 spiro atoms. The maximum atomic E-state index is 10.9. The molecule has 1 N–H and O–H groups in total. The first-order valence-electron chi connectivity index (χ1n) is 6.02. The number of methoxy groups -OCH3 is 1.